The van der Waals surface area contributed by atoms with Gasteiger partial charge >= 0.3 is 0 Å². The zero-order valence-electron chi connectivity index (χ0n) is 11.4. The van der Waals surface area contributed by atoms with Crippen LogP contribution in [0.4, 0.5) is 0 Å². The Kier molecular flexibility index (Phi) is 5.21. The van der Waals surface area contributed by atoms with E-state index in [2.05, 4.69) is 27.0 Å². The standard InChI is InChI=1S/C12H20N4O2S/c1-3-16-10(14-15-12(16)19-2)6-7-13-11(17)9-5-4-8-18-9/h9H,3-8H2,1-2H3,(H,13,17)/t9-/m1/s1. The van der Waals surface area contributed by atoms with E-state index in [1.54, 1.807) is 11.8 Å². The molecule has 0 aliphatic carbocycles. The van der Waals surface area contributed by atoms with Crippen molar-refractivity contribution in [2.45, 2.75) is 44.0 Å². The van der Waals surface area contributed by atoms with Crippen molar-refractivity contribution in [3.05, 3.63) is 5.82 Å². The number of ether oxygens (including phenoxy) is 1. The SMILES string of the molecule is CCn1c(CCNC(=O)[C@H]2CCCO2)nnc1SC. The fourth-order valence-corrected chi connectivity index (χ4v) is 2.75. The first-order valence-electron chi connectivity index (χ1n) is 6.61. The van der Waals surface area contributed by atoms with Gasteiger partial charge in [0.05, 0.1) is 0 Å². The van der Waals surface area contributed by atoms with Gasteiger partial charge in [0.25, 0.3) is 0 Å². The van der Waals surface area contributed by atoms with E-state index >= 15 is 0 Å². The number of aromatic nitrogens is 3. The molecule has 6 nitrogen and oxygen atoms in total. The highest BCUT2D eigenvalue weighted by molar-refractivity contribution is 7.98. The summed E-state index contributed by atoms with van der Waals surface area (Å²) in [7, 11) is 0. The molecule has 1 aliphatic heterocycles. The molecule has 1 saturated heterocycles. The average molecular weight is 284 g/mol. The molecule has 0 radical (unpaired) electrons. The lowest BCUT2D eigenvalue weighted by molar-refractivity contribution is -0.130. The van der Waals surface area contributed by atoms with Crippen molar-refractivity contribution in [1.82, 2.24) is 20.1 Å². The molecule has 0 bridgehead atoms. The quantitative estimate of drug-likeness (QED) is 0.785. The van der Waals surface area contributed by atoms with Gasteiger partial charge in [0.15, 0.2) is 5.16 Å². The van der Waals surface area contributed by atoms with Crippen LogP contribution in [-0.4, -0.2) is 46.2 Å². The zero-order chi connectivity index (χ0) is 13.7. The minimum atomic E-state index is -0.259. The first-order chi connectivity index (χ1) is 9.26. The van der Waals surface area contributed by atoms with Gasteiger partial charge in [0.2, 0.25) is 5.91 Å². The predicted molar refractivity (Wildman–Crippen MR) is 73.2 cm³/mol. The number of amides is 1. The average Bonchev–Trinajstić information content (AvgIpc) is 3.07. The lowest BCUT2D eigenvalue weighted by Gasteiger charge is -2.10. The lowest BCUT2D eigenvalue weighted by Crippen LogP contribution is -2.35. The molecule has 2 heterocycles. The Labute approximate surface area is 117 Å². The smallest absolute Gasteiger partial charge is 0.249 e. The van der Waals surface area contributed by atoms with E-state index in [-0.39, 0.29) is 12.0 Å². The third-order valence-electron chi connectivity index (χ3n) is 3.16. The van der Waals surface area contributed by atoms with Gasteiger partial charge in [-0.1, -0.05) is 11.8 Å². The summed E-state index contributed by atoms with van der Waals surface area (Å²) in [6, 6.07) is 0. The van der Waals surface area contributed by atoms with Crippen molar-refractivity contribution >= 4 is 17.7 Å². The fourth-order valence-electron chi connectivity index (χ4n) is 2.17. The molecule has 7 heteroatoms. The van der Waals surface area contributed by atoms with E-state index in [1.807, 2.05) is 6.26 Å². The number of rotatable bonds is 6. The van der Waals surface area contributed by atoms with Crippen LogP contribution in [0.5, 0.6) is 0 Å². The Morgan fingerprint density at radius 2 is 2.42 bits per heavy atom. The molecular weight excluding hydrogens is 264 g/mol. The molecule has 0 aromatic carbocycles. The van der Waals surface area contributed by atoms with Crippen LogP contribution in [0.15, 0.2) is 5.16 Å². The highest BCUT2D eigenvalue weighted by Gasteiger charge is 2.23. The molecule has 1 aromatic rings. The van der Waals surface area contributed by atoms with Gasteiger partial charge in [0.1, 0.15) is 11.9 Å². The molecule has 1 fully saturated rings. The van der Waals surface area contributed by atoms with E-state index in [0.29, 0.717) is 19.6 Å². The van der Waals surface area contributed by atoms with Crippen LogP contribution in [0.2, 0.25) is 0 Å². The Morgan fingerprint density at radius 3 is 3.05 bits per heavy atom. The summed E-state index contributed by atoms with van der Waals surface area (Å²) in [5.74, 6) is 0.907. The van der Waals surface area contributed by atoms with Crippen molar-refractivity contribution in [3.8, 4) is 0 Å². The maximum Gasteiger partial charge on any atom is 0.249 e. The lowest BCUT2D eigenvalue weighted by atomic mass is 10.2. The third-order valence-corrected chi connectivity index (χ3v) is 3.83. The Hall–Kier alpha value is -1.08. The van der Waals surface area contributed by atoms with Crippen molar-refractivity contribution in [1.29, 1.82) is 0 Å². The molecule has 1 aromatic heterocycles. The summed E-state index contributed by atoms with van der Waals surface area (Å²) in [4.78, 5) is 11.8. The third kappa shape index (κ3) is 3.48. The number of hydrogen-bond acceptors (Lipinski definition) is 5. The minimum absolute atomic E-state index is 0.00912. The maximum absolute atomic E-state index is 11.8. The summed E-state index contributed by atoms with van der Waals surface area (Å²) in [6.45, 7) is 4.18. The van der Waals surface area contributed by atoms with Gasteiger partial charge < -0.3 is 14.6 Å². The summed E-state index contributed by atoms with van der Waals surface area (Å²) in [6.07, 6.45) is 4.22. The van der Waals surface area contributed by atoms with Crippen LogP contribution < -0.4 is 5.32 Å². The van der Waals surface area contributed by atoms with Gasteiger partial charge in [-0.05, 0) is 26.0 Å². The number of thioether (sulfide) groups is 1. The Bertz CT molecular complexity index is 429. The summed E-state index contributed by atoms with van der Waals surface area (Å²) < 4.78 is 7.41. The molecule has 1 amide bonds. The maximum atomic E-state index is 11.8. The number of carbonyl (C=O) groups is 1. The predicted octanol–water partition coefficient (Wildman–Crippen LogP) is 0.858. The van der Waals surface area contributed by atoms with E-state index in [9.17, 15) is 4.79 Å². The van der Waals surface area contributed by atoms with Crippen LogP contribution in [0.3, 0.4) is 0 Å². The Balaban J connectivity index is 1.82. The molecule has 19 heavy (non-hydrogen) atoms. The van der Waals surface area contributed by atoms with E-state index in [1.165, 1.54) is 0 Å². The van der Waals surface area contributed by atoms with E-state index in [4.69, 9.17) is 4.74 Å². The van der Waals surface area contributed by atoms with Crippen molar-refractivity contribution in [2.24, 2.45) is 0 Å². The van der Waals surface area contributed by atoms with Gasteiger partial charge in [-0.15, -0.1) is 10.2 Å². The van der Waals surface area contributed by atoms with Crippen LogP contribution in [0, 0.1) is 0 Å². The summed E-state index contributed by atoms with van der Waals surface area (Å²) in [5.41, 5.74) is 0. The zero-order valence-corrected chi connectivity index (χ0v) is 12.2. The fraction of sp³-hybridized carbons (Fsp3) is 0.750. The second-order valence-electron chi connectivity index (χ2n) is 4.39. The second-order valence-corrected chi connectivity index (χ2v) is 5.16. The topological polar surface area (TPSA) is 69.0 Å². The highest BCUT2D eigenvalue weighted by atomic mass is 32.2. The Morgan fingerprint density at radius 1 is 1.58 bits per heavy atom. The molecule has 1 aliphatic rings. The first-order valence-corrected chi connectivity index (χ1v) is 7.84. The monoisotopic (exact) mass is 284 g/mol. The van der Waals surface area contributed by atoms with Gasteiger partial charge in [-0.25, -0.2) is 0 Å². The van der Waals surface area contributed by atoms with Crippen molar-refractivity contribution in [2.75, 3.05) is 19.4 Å². The minimum Gasteiger partial charge on any atom is -0.368 e. The molecule has 2 rings (SSSR count). The van der Waals surface area contributed by atoms with Crippen molar-refractivity contribution in [3.63, 3.8) is 0 Å². The number of nitrogens with one attached hydrogen (secondary N) is 1. The van der Waals surface area contributed by atoms with E-state index < -0.39 is 0 Å². The molecule has 0 spiro atoms. The van der Waals surface area contributed by atoms with Crippen LogP contribution in [-0.2, 0) is 22.5 Å². The first kappa shape index (κ1) is 14.3. The highest BCUT2D eigenvalue weighted by Crippen LogP contribution is 2.14. The largest absolute Gasteiger partial charge is 0.368 e. The number of carbonyl (C=O) groups excluding carboxylic acids is 1. The molecular formula is C12H20N4O2S. The molecule has 1 N–H and O–H groups in total. The molecule has 0 unspecified atom stereocenters. The normalized spacial score (nSPS) is 18.7. The van der Waals surface area contributed by atoms with Gasteiger partial charge in [-0.3, -0.25) is 4.79 Å². The van der Waals surface area contributed by atoms with Crippen LogP contribution >= 0.6 is 11.8 Å². The number of hydrogen-bond donors (Lipinski definition) is 1. The van der Waals surface area contributed by atoms with Gasteiger partial charge in [-0.2, -0.15) is 0 Å². The summed E-state index contributed by atoms with van der Waals surface area (Å²) in [5, 5.41) is 12.1. The molecule has 106 valence electrons. The summed E-state index contributed by atoms with van der Waals surface area (Å²) >= 11 is 1.58. The van der Waals surface area contributed by atoms with Gasteiger partial charge in [0, 0.05) is 26.1 Å². The molecule has 0 saturated carbocycles. The van der Waals surface area contributed by atoms with E-state index in [0.717, 1.165) is 30.4 Å². The van der Waals surface area contributed by atoms with Crippen molar-refractivity contribution < 1.29 is 9.53 Å². The number of nitrogens with zero attached hydrogens (tertiary/aromatic N) is 3. The second kappa shape index (κ2) is 6.91. The van der Waals surface area contributed by atoms with Crippen LogP contribution in [0.25, 0.3) is 0 Å². The molecule has 1 atom stereocenters. The van der Waals surface area contributed by atoms with Crippen LogP contribution in [0.1, 0.15) is 25.6 Å².